The van der Waals surface area contributed by atoms with Crippen LogP contribution in [-0.2, 0) is 11.2 Å². The van der Waals surface area contributed by atoms with E-state index in [-0.39, 0.29) is 6.42 Å². The van der Waals surface area contributed by atoms with Gasteiger partial charge in [0.1, 0.15) is 5.01 Å². The number of carboxylic acids is 1. The predicted octanol–water partition coefficient (Wildman–Crippen LogP) is 2.75. The van der Waals surface area contributed by atoms with Gasteiger partial charge in [-0.1, -0.05) is 30.3 Å². The molecule has 82 valence electrons. The molecule has 0 spiro atoms. The van der Waals surface area contributed by atoms with Gasteiger partial charge in [0.2, 0.25) is 0 Å². The second-order valence-corrected chi connectivity index (χ2v) is 4.74. The topological polar surface area (TPSA) is 50.2 Å². The highest BCUT2D eigenvalue weighted by Crippen LogP contribution is 2.27. The van der Waals surface area contributed by atoms with Gasteiger partial charge in [-0.25, -0.2) is 4.98 Å². The molecule has 0 atom stereocenters. The molecule has 0 radical (unpaired) electrons. The molecule has 1 heterocycles. The van der Waals surface area contributed by atoms with Crippen LogP contribution in [0.1, 0.15) is 9.88 Å². The Bertz CT molecular complexity index is 505. The Labute approximate surface area is 97.4 Å². The van der Waals surface area contributed by atoms with Crippen LogP contribution in [0.5, 0.6) is 0 Å². The van der Waals surface area contributed by atoms with Gasteiger partial charge >= 0.3 is 5.97 Å². The normalized spacial score (nSPS) is 10.3. The number of aryl methyl sites for hydroxylation is 1. The van der Waals surface area contributed by atoms with Crippen LogP contribution in [0.25, 0.3) is 11.3 Å². The third-order valence-electron chi connectivity index (χ3n) is 2.19. The van der Waals surface area contributed by atoms with Crippen molar-refractivity contribution in [1.29, 1.82) is 0 Å². The van der Waals surface area contributed by atoms with Crippen molar-refractivity contribution >= 4 is 17.3 Å². The molecule has 1 N–H and O–H groups in total. The molecule has 2 aromatic rings. The number of thiazole rings is 1. The van der Waals surface area contributed by atoms with Gasteiger partial charge in [-0.2, -0.15) is 0 Å². The van der Waals surface area contributed by atoms with Crippen LogP contribution in [0.15, 0.2) is 30.3 Å². The lowest BCUT2D eigenvalue weighted by atomic mass is 10.1. The van der Waals surface area contributed by atoms with Gasteiger partial charge in [-0.3, -0.25) is 4.79 Å². The molecule has 0 aliphatic carbocycles. The van der Waals surface area contributed by atoms with Gasteiger partial charge in [0.25, 0.3) is 0 Å². The number of benzene rings is 1. The maximum Gasteiger partial charge on any atom is 0.310 e. The van der Waals surface area contributed by atoms with Crippen molar-refractivity contribution in [2.24, 2.45) is 0 Å². The van der Waals surface area contributed by atoms with E-state index in [2.05, 4.69) is 4.98 Å². The van der Waals surface area contributed by atoms with Crippen molar-refractivity contribution < 1.29 is 9.90 Å². The van der Waals surface area contributed by atoms with E-state index >= 15 is 0 Å². The lowest BCUT2D eigenvalue weighted by Gasteiger charge is -1.96. The van der Waals surface area contributed by atoms with E-state index in [4.69, 9.17) is 5.11 Å². The maximum atomic E-state index is 10.6. The minimum absolute atomic E-state index is 0.00165. The second-order valence-electron chi connectivity index (χ2n) is 3.45. The molecule has 4 heteroatoms. The van der Waals surface area contributed by atoms with Gasteiger partial charge in [0.15, 0.2) is 0 Å². The Morgan fingerprint density at radius 3 is 2.69 bits per heavy atom. The van der Waals surface area contributed by atoms with Crippen LogP contribution in [0.4, 0.5) is 0 Å². The SMILES string of the molecule is Cc1sc(CC(=O)O)nc1-c1ccccc1. The zero-order valence-electron chi connectivity index (χ0n) is 8.80. The fourth-order valence-corrected chi connectivity index (χ4v) is 2.47. The lowest BCUT2D eigenvalue weighted by Crippen LogP contribution is -1.99. The third kappa shape index (κ3) is 2.28. The summed E-state index contributed by atoms with van der Waals surface area (Å²) < 4.78 is 0. The molecule has 0 aliphatic heterocycles. The smallest absolute Gasteiger partial charge is 0.310 e. The van der Waals surface area contributed by atoms with Crippen molar-refractivity contribution in [3.8, 4) is 11.3 Å². The summed E-state index contributed by atoms with van der Waals surface area (Å²) in [4.78, 5) is 16.0. The number of nitrogens with zero attached hydrogens (tertiary/aromatic N) is 1. The van der Waals surface area contributed by atoms with Crippen LogP contribution >= 0.6 is 11.3 Å². The van der Waals surface area contributed by atoms with Crippen molar-refractivity contribution in [1.82, 2.24) is 4.98 Å². The molecular weight excluding hydrogens is 222 g/mol. The highest BCUT2D eigenvalue weighted by molar-refractivity contribution is 7.12. The van der Waals surface area contributed by atoms with Gasteiger partial charge in [-0.05, 0) is 6.92 Å². The van der Waals surface area contributed by atoms with Crippen LogP contribution in [0.3, 0.4) is 0 Å². The maximum absolute atomic E-state index is 10.6. The molecule has 0 saturated heterocycles. The summed E-state index contributed by atoms with van der Waals surface area (Å²) in [5, 5.41) is 9.36. The molecule has 1 aromatic heterocycles. The van der Waals surface area contributed by atoms with Crippen LogP contribution < -0.4 is 0 Å². The Balaban J connectivity index is 2.36. The minimum Gasteiger partial charge on any atom is -0.481 e. The molecule has 0 amide bonds. The number of aliphatic carboxylic acids is 1. The Morgan fingerprint density at radius 2 is 2.06 bits per heavy atom. The monoisotopic (exact) mass is 233 g/mol. The first-order valence-electron chi connectivity index (χ1n) is 4.90. The van der Waals surface area contributed by atoms with E-state index in [0.29, 0.717) is 5.01 Å². The van der Waals surface area contributed by atoms with Gasteiger partial charge in [0.05, 0.1) is 12.1 Å². The third-order valence-corrected chi connectivity index (χ3v) is 3.16. The molecular formula is C12H11NO2S. The summed E-state index contributed by atoms with van der Waals surface area (Å²) >= 11 is 1.45. The number of rotatable bonds is 3. The molecule has 0 bridgehead atoms. The van der Waals surface area contributed by atoms with E-state index in [1.54, 1.807) is 0 Å². The summed E-state index contributed by atoms with van der Waals surface area (Å²) in [5.74, 6) is -0.839. The van der Waals surface area contributed by atoms with Gasteiger partial charge in [0, 0.05) is 10.4 Å². The molecule has 2 rings (SSSR count). The van der Waals surface area contributed by atoms with Gasteiger partial charge < -0.3 is 5.11 Å². The van der Waals surface area contributed by atoms with Crippen molar-refractivity contribution in [2.75, 3.05) is 0 Å². The largest absolute Gasteiger partial charge is 0.481 e. The Hall–Kier alpha value is -1.68. The molecule has 16 heavy (non-hydrogen) atoms. The summed E-state index contributed by atoms with van der Waals surface area (Å²) in [5.41, 5.74) is 1.93. The summed E-state index contributed by atoms with van der Waals surface area (Å²) in [6, 6.07) is 9.80. The molecule has 0 saturated carbocycles. The zero-order valence-corrected chi connectivity index (χ0v) is 9.62. The van der Waals surface area contributed by atoms with Crippen molar-refractivity contribution in [3.63, 3.8) is 0 Å². The predicted molar refractivity (Wildman–Crippen MR) is 63.6 cm³/mol. The van der Waals surface area contributed by atoms with E-state index in [0.717, 1.165) is 16.1 Å². The zero-order chi connectivity index (χ0) is 11.5. The number of carboxylic acid groups (broad SMARTS) is 1. The second kappa shape index (κ2) is 4.45. The van der Waals surface area contributed by atoms with Crippen molar-refractivity contribution in [3.05, 3.63) is 40.2 Å². The first-order valence-corrected chi connectivity index (χ1v) is 5.72. The van der Waals surface area contributed by atoms with E-state index < -0.39 is 5.97 Å². The Morgan fingerprint density at radius 1 is 1.38 bits per heavy atom. The number of aromatic nitrogens is 1. The summed E-state index contributed by atoms with van der Waals surface area (Å²) in [6.07, 6.45) is -0.00165. The fraction of sp³-hybridized carbons (Fsp3) is 0.167. The van der Waals surface area contributed by atoms with Crippen LogP contribution in [0.2, 0.25) is 0 Å². The molecule has 0 unspecified atom stereocenters. The van der Waals surface area contributed by atoms with Crippen LogP contribution in [-0.4, -0.2) is 16.1 Å². The molecule has 0 aliphatic rings. The first kappa shape index (κ1) is 10.8. The highest BCUT2D eigenvalue weighted by Gasteiger charge is 2.11. The standard InChI is InChI=1S/C12H11NO2S/c1-8-12(9-5-3-2-4-6-9)13-10(16-8)7-11(14)15/h2-6H,7H2,1H3,(H,14,15). The van der Waals surface area contributed by atoms with E-state index in [9.17, 15) is 4.79 Å². The van der Waals surface area contributed by atoms with E-state index in [1.807, 2.05) is 37.3 Å². The average Bonchev–Trinajstić information content (AvgIpc) is 2.60. The van der Waals surface area contributed by atoms with Crippen LogP contribution in [0, 0.1) is 6.92 Å². The van der Waals surface area contributed by atoms with E-state index in [1.165, 1.54) is 11.3 Å². The summed E-state index contributed by atoms with van der Waals surface area (Å²) in [7, 11) is 0. The average molecular weight is 233 g/mol. The highest BCUT2D eigenvalue weighted by atomic mass is 32.1. The minimum atomic E-state index is -0.839. The molecule has 1 aromatic carbocycles. The van der Waals surface area contributed by atoms with Gasteiger partial charge in [-0.15, -0.1) is 11.3 Å². The molecule has 0 fully saturated rings. The lowest BCUT2D eigenvalue weighted by molar-refractivity contribution is -0.136. The Kier molecular flexibility index (Phi) is 3.01. The fourth-order valence-electron chi connectivity index (χ4n) is 1.52. The van der Waals surface area contributed by atoms with Crippen molar-refractivity contribution in [2.45, 2.75) is 13.3 Å². The first-order chi connectivity index (χ1) is 7.66. The quantitative estimate of drug-likeness (QED) is 0.886. The summed E-state index contributed by atoms with van der Waals surface area (Å²) in [6.45, 7) is 1.96. The number of hydrogen-bond donors (Lipinski definition) is 1. The molecule has 3 nitrogen and oxygen atoms in total. The number of carbonyl (C=O) groups is 1. The number of hydrogen-bond acceptors (Lipinski definition) is 3.